The summed E-state index contributed by atoms with van der Waals surface area (Å²) in [6, 6.07) is 9.02. The fourth-order valence-electron chi connectivity index (χ4n) is 0.876. The Hall–Kier alpha value is -0.460. The van der Waals surface area contributed by atoms with E-state index >= 15 is 0 Å². The number of nitrogens with two attached hydrogens (primary N) is 1. The Morgan fingerprint density at radius 1 is 1.47 bits per heavy atom. The Morgan fingerprint density at radius 3 is 2.40 bits per heavy atom. The van der Waals surface area contributed by atoms with Crippen LogP contribution in [0.15, 0.2) is 24.3 Å². The van der Waals surface area contributed by atoms with Gasteiger partial charge in [-0.2, -0.15) is 5.26 Å². The van der Waals surface area contributed by atoms with Gasteiger partial charge in [-0.25, -0.2) is 0 Å². The van der Waals surface area contributed by atoms with E-state index in [1.165, 1.54) is 0 Å². The zero-order valence-corrected chi connectivity index (χ0v) is 10.4. The van der Waals surface area contributed by atoms with Crippen molar-refractivity contribution in [3.05, 3.63) is 34.9 Å². The second kappa shape index (κ2) is 6.92. The van der Waals surface area contributed by atoms with Crippen molar-refractivity contribution in [2.45, 2.75) is 12.5 Å². The van der Waals surface area contributed by atoms with Crippen molar-refractivity contribution in [1.29, 1.82) is 5.26 Å². The van der Waals surface area contributed by atoms with E-state index in [4.69, 9.17) is 45.8 Å². The molecule has 1 unspecified atom stereocenters. The minimum Gasteiger partial charge on any atom is -0.310 e. The summed E-state index contributed by atoms with van der Waals surface area (Å²) < 4.78 is 0. The highest BCUT2D eigenvalue weighted by molar-refractivity contribution is 6.40. The first-order valence-electron chi connectivity index (χ1n) is 4.06. The van der Waals surface area contributed by atoms with Crippen molar-refractivity contribution in [3.63, 3.8) is 0 Å². The Bertz CT molecular complexity index is 345. The van der Waals surface area contributed by atoms with Gasteiger partial charge in [0.25, 0.3) is 0 Å². The summed E-state index contributed by atoms with van der Waals surface area (Å²) in [5.74, 6) is 0. The number of rotatable bonds is 1. The molecule has 1 rings (SSSR count). The lowest BCUT2D eigenvalue weighted by Crippen LogP contribution is -2.30. The van der Waals surface area contributed by atoms with Crippen LogP contribution < -0.4 is 5.73 Å². The van der Waals surface area contributed by atoms with Crippen LogP contribution in [0.2, 0.25) is 5.02 Å². The number of benzene rings is 1. The van der Waals surface area contributed by atoms with Crippen LogP contribution in [0.4, 0.5) is 0 Å². The second-order valence-corrected chi connectivity index (χ2v) is 4.17. The van der Waals surface area contributed by atoms with Gasteiger partial charge in [0.05, 0.1) is 11.4 Å². The van der Waals surface area contributed by atoms with Crippen LogP contribution in [0.1, 0.15) is 12.5 Å². The summed E-state index contributed by atoms with van der Waals surface area (Å²) in [7, 11) is 0. The van der Waals surface area contributed by atoms with E-state index in [0.717, 1.165) is 5.56 Å². The quantitative estimate of drug-likeness (QED) is 0.791. The maximum Gasteiger partial charge on any atom is 0.127 e. The highest BCUT2D eigenvalue weighted by Crippen LogP contribution is 2.19. The first-order chi connectivity index (χ1) is 6.97. The molecule has 0 radical (unpaired) electrons. The Morgan fingerprint density at radius 2 is 2.00 bits per heavy atom. The average molecular weight is 266 g/mol. The average Bonchev–Trinajstić information content (AvgIpc) is 2.19. The van der Waals surface area contributed by atoms with Crippen LogP contribution >= 0.6 is 34.8 Å². The normalized spacial score (nSPS) is 13.1. The van der Waals surface area contributed by atoms with Gasteiger partial charge in [-0.15, -0.1) is 23.2 Å². The molecule has 0 saturated heterocycles. The van der Waals surface area contributed by atoms with E-state index in [2.05, 4.69) is 0 Å². The summed E-state index contributed by atoms with van der Waals surface area (Å²) in [6.45, 7) is 1.65. The molecule has 0 fully saturated rings. The minimum absolute atomic E-state index is 0.194. The topological polar surface area (TPSA) is 49.8 Å². The number of alkyl halides is 2. The zero-order chi connectivity index (χ0) is 11.9. The third-order valence-electron chi connectivity index (χ3n) is 1.66. The fraction of sp³-hybridized carbons (Fsp3) is 0.300. The Balaban J connectivity index is 0.000000583. The SMILES string of the molecule is CC(N)(C#N)c1cccc(Cl)c1.ClCCl. The van der Waals surface area contributed by atoms with Crippen molar-refractivity contribution < 1.29 is 0 Å². The monoisotopic (exact) mass is 264 g/mol. The molecule has 1 atom stereocenters. The first kappa shape index (κ1) is 14.5. The van der Waals surface area contributed by atoms with Gasteiger partial charge in [0, 0.05) is 5.02 Å². The predicted octanol–water partition coefficient (Wildman–Crippen LogP) is 3.46. The molecule has 5 heteroatoms. The molecule has 0 saturated carbocycles. The molecule has 0 amide bonds. The van der Waals surface area contributed by atoms with Crippen LogP contribution in [-0.4, -0.2) is 5.34 Å². The van der Waals surface area contributed by atoms with Crippen molar-refractivity contribution >= 4 is 34.8 Å². The van der Waals surface area contributed by atoms with Gasteiger partial charge in [-0.3, -0.25) is 0 Å². The molecule has 0 aromatic heterocycles. The third kappa shape index (κ3) is 5.25. The molecular weight excluding hydrogens is 254 g/mol. The van der Waals surface area contributed by atoms with E-state index in [9.17, 15) is 0 Å². The molecule has 2 nitrogen and oxygen atoms in total. The van der Waals surface area contributed by atoms with Gasteiger partial charge in [0.15, 0.2) is 0 Å². The zero-order valence-electron chi connectivity index (χ0n) is 8.17. The smallest absolute Gasteiger partial charge is 0.127 e. The maximum atomic E-state index is 8.72. The third-order valence-corrected chi connectivity index (χ3v) is 1.89. The van der Waals surface area contributed by atoms with Crippen molar-refractivity contribution in [3.8, 4) is 6.07 Å². The Labute approximate surface area is 105 Å². The number of hydrogen-bond donors (Lipinski definition) is 1. The van der Waals surface area contributed by atoms with Crippen molar-refractivity contribution in [2.24, 2.45) is 5.73 Å². The lowest BCUT2D eigenvalue weighted by atomic mass is 9.95. The second-order valence-electron chi connectivity index (χ2n) is 2.93. The van der Waals surface area contributed by atoms with E-state index in [0.29, 0.717) is 5.02 Å². The number of nitrogens with zero attached hydrogens (tertiary/aromatic N) is 1. The molecule has 0 heterocycles. The lowest BCUT2D eigenvalue weighted by Gasteiger charge is -2.15. The fourth-order valence-corrected chi connectivity index (χ4v) is 1.07. The highest BCUT2D eigenvalue weighted by Gasteiger charge is 2.19. The summed E-state index contributed by atoms with van der Waals surface area (Å²) in [5.41, 5.74) is 5.47. The molecule has 82 valence electrons. The maximum absolute atomic E-state index is 8.72. The standard InChI is InChI=1S/C9H9ClN2.CH2Cl2/c1-9(12,6-11)7-3-2-4-8(10)5-7;2-1-3/h2-5H,12H2,1H3;1H2. The van der Waals surface area contributed by atoms with Crippen molar-refractivity contribution in [2.75, 3.05) is 5.34 Å². The van der Waals surface area contributed by atoms with E-state index in [1.54, 1.807) is 31.2 Å². The lowest BCUT2D eigenvalue weighted by molar-refractivity contribution is 0.646. The van der Waals surface area contributed by atoms with Gasteiger partial charge >= 0.3 is 0 Å². The number of hydrogen-bond acceptors (Lipinski definition) is 2. The van der Waals surface area contributed by atoms with E-state index in [1.807, 2.05) is 6.07 Å². The molecule has 0 spiro atoms. The van der Waals surface area contributed by atoms with E-state index in [-0.39, 0.29) is 5.34 Å². The molecule has 0 aliphatic rings. The molecule has 15 heavy (non-hydrogen) atoms. The minimum atomic E-state index is -0.953. The first-order valence-corrected chi connectivity index (χ1v) is 5.50. The van der Waals surface area contributed by atoms with Gasteiger partial charge in [-0.1, -0.05) is 23.7 Å². The van der Waals surface area contributed by atoms with Gasteiger partial charge in [-0.05, 0) is 24.6 Å². The molecule has 1 aromatic carbocycles. The van der Waals surface area contributed by atoms with Gasteiger partial charge in [0.1, 0.15) is 5.54 Å². The van der Waals surface area contributed by atoms with Gasteiger partial charge in [0.2, 0.25) is 0 Å². The van der Waals surface area contributed by atoms with Crippen LogP contribution in [0.25, 0.3) is 0 Å². The van der Waals surface area contributed by atoms with Crippen LogP contribution in [-0.2, 0) is 5.54 Å². The summed E-state index contributed by atoms with van der Waals surface area (Å²) >= 11 is 15.3. The van der Waals surface area contributed by atoms with E-state index < -0.39 is 5.54 Å². The van der Waals surface area contributed by atoms with Crippen molar-refractivity contribution in [1.82, 2.24) is 0 Å². The van der Waals surface area contributed by atoms with Crippen LogP contribution in [0.5, 0.6) is 0 Å². The number of nitriles is 1. The highest BCUT2D eigenvalue weighted by atomic mass is 35.5. The predicted molar refractivity (Wildman–Crippen MR) is 65.2 cm³/mol. The molecule has 0 aliphatic heterocycles. The Kier molecular flexibility index (Phi) is 6.71. The molecular formula is C10H11Cl3N2. The van der Waals surface area contributed by atoms with Gasteiger partial charge < -0.3 is 5.73 Å². The van der Waals surface area contributed by atoms with Crippen LogP contribution in [0, 0.1) is 11.3 Å². The van der Waals surface area contributed by atoms with Crippen LogP contribution in [0.3, 0.4) is 0 Å². The summed E-state index contributed by atoms with van der Waals surface area (Å²) in [5, 5.41) is 9.51. The molecule has 0 bridgehead atoms. The summed E-state index contributed by atoms with van der Waals surface area (Å²) in [6.07, 6.45) is 0. The number of halogens is 3. The summed E-state index contributed by atoms with van der Waals surface area (Å²) in [4.78, 5) is 0. The molecule has 0 aliphatic carbocycles. The molecule has 1 aromatic rings. The molecule has 2 N–H and O–H groups in total. The largest absolute Gasteiger partial charge is 0.310 e.